The second-order valence-electron chi connectivity index (χ2n) is 6.48. The van der Waals surface area contributed by atoms with Crippen LogP contribution in [0, 0.1) is 6.92 Å². The largest absolute Gasteiger partial charge is 0.312 e. The molecular formula is C21H21BrN2O3. The Bertz CT molecular complexity index is 910. The number of rotatable bonds is 6. The normalized spacial score (nSPS) is 13.1. The highest BCUT2D eigenvalue weighted by atomic mass is 79.9. The molecule has 2 aromatic carbocycles. The second kappa shape index (κ2) is 8.05. The Morgan fingerprint density at radius 1 is 1.07 bits per heavy atom. The molecule has 6 heteroatoms. The first-order chi connectivity index (χ1) is 12.9. The SMILES string of the molecule is CCN(C(=O)CCCN1C(=O)c2ccc(Br)cc2C1=O)c1ccccc1C. The fourth-order valence-corrected chi connectivity index (χ4v) is 3.70. The van der Waals surface area contributed by atoms with Gasteiger partial charge in [0.2, 0.25) is 5.91 Å². The molecule has 0 saturated heterocycles. The van der Waals surface area contributed by atoms with Gasteiger partial charge in [-0.1, -0.05) is 34.1 Å². The third-order valence-electron chi connectivity index (χ3n) is 4.73. The predicted molar refractivity (Wildman–Crippen MR) is 108 cm³/mol. The molecule has 0 N–H and O–H groups in total. The van der Waals surface area contributed by atoms with Gasteiger partial charge in [-0.15, -0.1) is 0 Å². The van der Waals surface area contributed by atoms with Crippen LogP contribution >= 0.6 is 15.9 Å². The van der Waals surface area contributed by atoms with Crippen LogP contribution in [-0.2, 0) is 4.79 Å². The van der Waals surface area contributed by atoms with Gasteiger partial charge in [-0.2, -0.15) is 0 Å². The second-order valence-corrected chi connectivity index (χ2v) is 7.40. The minimum atomic E-state index is -0.296. The van der Waals surface area contributed by atoms with Crippen LogP contribution in [0.2, 0.25) is 0 Å². The van der Waals surface area contributed by atoms with E-state index in [1.165, 1.54) is 4.90 Å². The van der Waals surface area contributed by atoms with Crippen molar-refractivity contribution in [3.63, 3.8) is 0 Å². The quantitative estimate of drug-likeness (QED) is 0.648. The maximum absolute atomic E-state index is 12.7. The molecule has 3 rings (SSSR count). The molecule has 1 aliphatic rings. The Hall–Kier alpha value is -2.47. The van der Waals surface area contributed by atoms with Gasteiger partial charge in [0.25, 0.3) is 11.8 Å². The molecule has 0 atom stereocenters. The summed E-state index contributed by atoms with van der Waals surface area (Å²) in [4.78, 5) is 40.6. The predicted octanol–water partition coefficient (Wildman–Crippen LogP) is 4.19. The van der Waals surface area contributed by atoms with Crippen molar-refractivity contribution in [1.29, 1.82) is 0 Å². The topological polar surface area (TPSA) is 57.7 Å². The van der Waals surface area contributed by atoms with E-state index in [1.54, 1.807) is 23.1 Å². The highest BCUT2D eigenvalue weighted by molar-refractivity contribution is 9.10. The van der Waals surface area contributed by atoms with Gasteiger partial charge in [-0.05, 0) is 50.1 Å². The summed E-state index contributed by atoms with van der Waals surface area (Å²) in [6.07, 6.45) is 0.715. The smallest absolute Gasteiger partial charge is 0.261 e. The van der Waals surface area contributed by atoms with Gasteiger partial charge in [0.05, 0.1) is 11.1 Å². The maximum atomic E-state index is 12.7. The number of fused-ring (bicyclic) bond motifs is 1. The zero-order valence-electron chi connectivity index (χ0n) is 15.4. The van der Waals surface area contributed by atoms with E-state index in [-0.39, 0.29) is 30.7 Å². The molecule has 140 valence electrons. The number of hydrogen-bond donors (Lipinski definition) is 0. The lowest BCUT2D eigenvalue weighted by molar-refractivity contribution is -0.118. The number of para-hydroxylation sites is 1. The summed E-state index contributed by atoms with van der Waals surface area (Å²) in [5.74, 6) is -0.595. The summed E-state index contributed by atoms with van der Waals surface area (Å²) in [6, 6.07) is 12.8. The Labute approximate surface area is 167 Å². The number of carbonyl (C=O) groups excluding carboxylic acids is 3. The molecule has 27 heavy (non-hydrogen) atoms. The lowest BCUT2D eigenvalue weighted by Gasteiger charge is -2.23. The third-order valence-corrected chi connectivity index (χ3v) is 5.22. The summed E-state index contributed by atoms with van der Waals surface area (Å²) < 4.78 is 0.760. The van der Waals surface area contributed by atoms with Gasteiger partial charge in [0, 0.05) is 29.7 Å². The van der Waals surface area contributed by atoms with E-state index in [0.717, 1.165) is 15.7 Å². The van der Waals surface area contributed by atoms with E-state index < -0.39 is 0 Å². The molecule has 0 unspecified atom stereocenters. The summed E-state index contributed by atoms with van der Waals surface area (Å²) in [6.45, 7) is 4.72. The molecule has 1 aliphatic heterocycles. The van der Waals surface area contributed by atoms with Crippen molar-refractivity contribution in [1.82, 2.24) is 4.90 Å². The molecule has 0 spiro atoms. The zero-order valence-corrected chi connectivity index (χ0v) is 17.0. The standard InChI is InChI=1S/C21H21BrN2O3/c1-3-23(18-8-5-4-7-14(18)2)19(25)9-6-12-24-20(26)16-11-10-15(22)13-17(16)21(24)27/h4-5,7-8,10-11,13H,3,6,9,12H2,1-2H3. The molecule has 0 radical (unpaired) electrons. The van der Waals surface area contributed by atoms with Crippen LogP contribution in [0.5, 0.6) is 0 Å². The number of benzene rings is 2. The van der Waals surface area contributed by atoms with E-state index in [0.29, 0.717) is 24.1 Å². The van der Waals surface area contributed by atoms with E-state index in [2.05, 4.69) is 15.9 Å². The fraction of sp³-hybridized carbons (Fsp3) is 0.286. The van der Waals surface area contributed by atoms with Crippen LogP contribution in [0.25, 0.3) is 0 Å². The number of amides is 3. The molecule has 0 aromatic heterocycles. The molecule has 0 aliphatic carbocycles. The van der Waals surface area contributed by atoms with Crippen molar-refractivity contribution in [3.05, 3.63) is 63.6 Å². The highest BCUT2D eigenvalue weighted by Crippen LogP contribution is 2.26. The minimum Gasteiger partial charge on any atom is -0.312 e. The summed E-state index contributed by atoms with van der Waals surface area (Å²) in [5.41, 5.74) is 2.77. The van der Waals surface area contributed by atoms with Crippen LogP contribution in [-0.4, -0.2) is 35.7 Å². The molecule has 0 fully saturated rings. The number of imide groups is 1. The number of carbonyl (C=O) groups is 3. The first kappa shape index (κ1) is 19.3. The van der Waals surface area contributed by atoms with Crippen molar-refractivity contribution >= 4 is 39.3 Å². The highest BCUT2D eigenvalue weighted by Gasteiger charge is 2.35. The van der Waals surface area contributed by atoms with Crippen LogP contribution in [0.4, 0.5) is 5.69 Å². The minimum absolute atomic E-state index is 0.00819. The number of nitrogens with zero attached hydrogens (tertiary/aromatic N) is 2. The van der Waals surface area contributed by atoms with Gasteiger partial charge in [-0.3, -0.25) is 19.3 Å². The maximum Gasteiger partial charge on any atom is 0.261 e. The van der Waals surface area contributed by atoms with Crippen LogP contribution in [0.3, 0.4) is 0 Å². The Kier molecular flexibility index (Phi) is 5.75. The first-order valence-electron chi connectivity index (χ1n) is 8.95. The Balaban J connectivity index is 1.63. The van der Waals surface area contributed by atoms with Gasteiger partial charge in [0.15, 0.2) is 0 Å². The first-order valence-corrected chi connectivity index (χ1v) is 9.75. The summed E-state index contributed by atoms with van der Waals surface area (Å²) in [5, 5.41) is 0. The van der Waals surface area contributed by atoms with Crippen LogP contribution in [0.15, 0.2) is 46.9 Å². The third kappa shape index (κ3) is 3.81. The van der Waals surface area contributed by atoms with Crippen molar-refractivity contribution in [3.8, 4) is 0 Å². The summed E-state index contributed by atoms with van der Waals surface area (Å²) >= 11 is 3.32. The van der Waals surface area contributed by atoms with E-state index in [9.17, 15) is 14.4 Å². The van der Waals surface area contributed by atoms with Crippen molar-refractivity contribution < 1.29 is 14.4 Å². The fourth-order valence-electron chi connectivity index (χ4n) is 3.34. The van der Waals surface area contributed by atoms with Gasteiger partial charge in [-0.25, -0.2) is 0 Å². The Morgan fingerprint density at radius 3 is 2.48 bits per heavy atom. The van der Waals surface area contributed by atoms with Crippen LogP contribution < -0.4 is 4.90 Å². The van der Waals surface area contributed by atoms with Crippen LogP contribution in [0.1, 0.15) is 46.0 Å². The van der Waals surface area contributed by atoms with Crippen molar-refractivity contribution in [2.45, 2.75) is 26.7 Å². The molecule has 3 amide bonds. The molecule has 2 aromatic rings. The number of aryl methyl sites for hydroxylation is 1. The number of anilines is 1. The summed E-state index contributed by atoms with van der Waals surface area (Å²) in [7, 11) is 0. The molecule has 0 saturated carbocycles. The number of hydrogen-bond acceptors (Lipinski definition) is 3. The molecule has 0 bridgehead atoms. The zero-order chi connectivity index (χ0) is 19.6. The average Bonchev–Trinajstić information content (AvgIpc) is 2.88. The number of halogens is 1. The molecule has 1 heterocycles. The molecule has 5 nitrogen and oxygen atoms in total. The lowest BCUT2D eigenvalue weighted by Crippen LogP contribution is -2.34. The van der Waals surface area contributed by atoms with E-state index >= 15 is 0 Å². The molecular weight excluding hydrogens is 408 g/mol. The lowest BCUT2D eigenvalue weighted by atomic mass is 10.1. The van der Waals surface area contributed by atoms with Gasteiger partial charge >= 0.3 is 0 Å². The van der Waals surface area contributed by atoms with E-state index in [1.807, 2.05) is 38.1 Å². The van der Waals surface area contributed by atoms with Gasteiger partial charge < -0.3 is 4.90 Å². The van der Waals surface area contributed by atoms with E-state index in [4.69, 9.17) is 0 Å². The van der Waals surface area contributed by atoms with Crippen molar-refractivity contribution in [2.75, 3.05) is 18.0 Å². The van der Waals surface area contributed by atoms with Crippen molar-refractivity contribution in [2.24, 2.45) is 0 Å². The average molecular weight is 429 g/mol. The Morgan fingerprint density at radius 2 is 1.78 bits per heavy atom. The van der Waals surface area contributed by atoms with Gasteiger partial charge in [0.1, 0.15) is 0 Å². The monoisotopic (exact) mass is 428 g/mol.